The number of rotatable bonds is 0. The number of hydrogen-bond donors (Lipinski definition) is 0. The molecule has 3 heteroatoms. The Balaban J connectivity index is 2.04. The first-order valence-electron chi connectivity index (χ1n) is 5.30. The minimum absolute atomic E-state index is 0.0431. The molecule has 1 aromatic rings. The zero-order chi connectivity index (χ0) is 9.60. The predicted molar refractivity (Wildman–Crippen MR) is 50.1 cm³/mol. The number of nitrogens with zero attached hydrogens (tertiary/aromatic N) is 1. The van der Waals surface area contributed by atoms with Crippen LogP contribution >= 0.6 is 0 Å². The number of ketones is 1. The van der Waals surface area contributed by atoms with Gasteiger partial charge in [0.05, 0.1) is 11.8 Å². The molecule has 2 aliphatic carbocycles. The van der Waals surface area contributed by atoms with E-state index in [0.29, 0.717) is 0 Å². The number of fused-ring (bicyclic) bond motifs is 1. The lowest BCUT2D eigenvalue weighted by atomic mass is 9.71. The number of carbonyl (C=O) groups is 1. The van der Waals surface area contributed by atoms with Gasteiger partial charge < -0.3 is 4.52 Å². The van der Waals surface area contributed by atoms with Crippen LogP contribution in [0, 0.1) is 5.41 Å². The molecule has 1 saturated carbocycles. The first-order chi connectivity index (χ1) is 6.82. The third kappa shape index (κ3) is 0.925. The maximum atomic E-state index is 12.2. The maximum Gasteiger partial charge on any atom is 0.174 e. The maximum absolute atomic E-state index is 12.2. The molecule has 0 bridgehead atoms. The fraction of sp³-hybridized carbons (Fsp3) is 0.636. The molecule has 74 valence electrons. The second kappa shape index (κ2) is 2.69. The molecule has 0 amide bonds. The summed E-state index contributed by atoms with van der Waals surface area (Å²) in [5.41, 5.74) is 0.705. The first kappa shape index (κ1) is 8.21. The highest BCUT2D eigenvalue weighted by atomic mass is 16.5. The Hall–Kier alpha value is -1.12. The molecule has 1 heterocycles. The Morgan fingerprint density at radius 1 is 1.29 bits per heavy atom. The van der Waals surface area contributed by atoms with Gasteiger partial charge in [0.15, 0.2) is 5.78 Å². The Labute approximate surface area is 82.5 Å². The van der Waals surface area contributed by atoms with Gasteiger partial charge in [0.1, 0.15) is 5.76 Å². The molecule has 0 saturated heterocycles. The fourth-order valence-corrected chi connectivity index (χ4v) is 2.91. The van der Waals surface area contributed by atoms with Gasteiger partial charge in [-0.3, -0.25) is 4.79 Å². The quantitative estimate of drug-likeness (QED) is 0.632. The molecular weight excluding hydrogens is 178 g/mol. The van der Waals surface area contributed by atoms with Crippen molar-refractivity contribution in [3.05, 3.63) is 17.5 Å². The van der Waals surface area contributed by atoms with Gasteiger partial charge in [-0.15, -0.1) is 0 Å². The standard InChI is InChI=1S/C11H13NO2/c13-10-8-7-12-14-9(8)3-6-11(10)4-1-2-5-11/h7H,1-6H2. The Bertz CT molecular complexity index is 374. The zero-order valence-electron chi connectivity index (χ0n) is 8.08. The van der Waals surface area contributed by atoms with Crippen molar-refractivity contribution in [2.45, 2.75) is 38.5 Å². The Morgan fingerprint density at radius 3 is 2.86 bits per heavy atom. The van der Waals surface area contributed by atoms with Crippen molar-refractivity contribution in [1.82, 2.24) is 5.16 Å². The molecule has 2 aliphatic rings. The lowest BCUT2D eigenvalue weighted by Crippen LogP contribution is -2.32. The average molecular weight is 191 g/mol. The molecule has 3 rings (SSSR count). The van der Waals surface area contributed by atoms with Crippen molar-refractivity contribution >= 4 is 5.78 Å². The third-order valence-corrected chi connectivity index (χ3v) is 3.76. The van der Waals surface area contributed by atoms with Crippen molar-refractivity contribution < 1.29 is 9.32 Å². The molecule has 0 aromatic carbocycles. The number of carbonyl (C=O) groups excluding carboxylic acids is 1. The van der Waals surface area contributed by atoms with Crippen LogP contribution in [0.4, 0.5) is 0 Å². The van der Waals surface area contributed by atoms with Gasteiger partial charge in [-0.1, -0.05) is 18.0 Å². The molecule has 1 aromatic heterocycles. The van der Waals surface area contributed by atoms with E-state index in [1.807, 2.05) is 0 Å². The van der Waals surface area contributed by atoms with Gasteiger partial charge in [0.2, 0.25) is 0 Å². The molecule has 0 aliphatic heterocycles. The number of aromatic nitrogens is 1. The van der Waals surface area contributed by atoms with E-state index in [2.05, 4.69) is 5.16 Å². The summed E-state index contributed by atoms with van der Waals surface area (Å²) in [5, 5.41) is 3.71. The van der Waals surface area contributed by atoms with E-state index in [0.717, 1.165) is 37.0 Å². The monoisotopic (exact) mass is 191 g/mol. The largest absolute Gasteiger partial charge is 0.361 e. The number of Topliss-reactive ketones (excluding diaryl/α,β-unsaturated/α-hetero) is 1. The van der Waals surface area contributed by atoms with Gasteiger partial charge in [0.25, 0.3) is 0 Å². The average Bonchev–Trinajstić information content (AvgIpc) is 2.83. The van der Waals surface area contributed by atoms with E-state index in [4.69, 9.17) is 4.52 Å². The summed E-state index contributed by atoms with van der Waals surface area (Å²) in [6.07, 6.45) is 7.98. The summed E-state index contributed by atoms with van der Waals surface area (Å²) in [4.78, 5) is 12.2. The molecule has 0 N–H and O–H groups in total. The summed E-state index contributed by atoms with van der Waals surface area (Å²) >= 11 is 0. The normalized spacial score (nSPS) is 24.1. The smallest absolute Gasteiger partial charge is 0.174 e. The number of hydrogen-bond acceptors (Lipinski definition) is 3. The van der Waals surface area contributed by atoms with E-state index in [-0.39, 0.29) is 11.2 Å². The highest BCUT2D eigenvalue weighted by Gasteiger charge is 2.45. The van der Waals surface area contributed by atoms with Crippen molar-refractivity contribution in [2.24, 2.45) is 5.41 Å². The van der Waals surface area contributed by atoms with Gasteiger partial charge in [-0.25, -0.2) is 0 Å². The molecule has 0 atom stereocenters. The van der Waals surface area contributed by atoms with Crippen LogP contribution in [0.2, 0.25) is 0 Å². The van der Waals surface area contributed by atoms with Crippen LogP contribution in [0.1, 0.15) is 48.2 Å². The molecule has 1 spiro atoms. The van der Waals surface area contributed by atoms with Crippen molar-refractivity contribution in [3.8, 4) is 0 Å². The van der Waals surface area contributed by atoms with Crippen LogP contribution in [0.3, 0.4) is 0 Å². The molecule has 0 unspecified atom stereocenters. The molecule has 0 radical (unpaired) electrons. The Kier molecular flexibility index (Phi) is 1.58. The minimum atomic E-state index is -0.0431. The zero-order valence-corrected chi connectivity index (χ0v) is 8.08. The molecule has 3 nitrogen and oxygen atoms in total. The third-order valence-electron chi connectivity index (χ3n) is 3.76. The summed E-state index contributed by atoms with van der Waals surface area (Å²) in [6.45, 7) is 0. The van der Waals surface area contributed by atoms with E-state index in [1.165, 1.54) is 12.8 Å². The first-order valence-corrected chi connectivity index (χ1v) is 5.30. The van der Waals surface area contributed by atoms with Gasteiger partial charge in [-0.2, -0.15) is 0 Å². The molecule has 1 fully saturated rings. The lowest BCUT2D eigenvalue weighted by Gasteiger charge is -2.29. The number of aryl methyl sites for hydroxylation is 1. The van der Waals surface area contributed by atoms with E-state index in [1.54, 1.807) is 6.20 Å². The van der Waals surface area contributed by atoms with Gasteiger partial charge in [-0.05, 0) is 19.3 Å². The van der Waals surface area contributed by atoms with Crippen LogP contribution in [-0.2, 0) is 6.42 Å². The Morgan fingerprint density at radius 2 is 2.07 bits per heavy atom. The summed E-state index contributed by atoms with van der Waals surface area (Å²) < 4.78 is 5.06. The van der Waals surface area contributed by atoms with Gasteiger partial charge >= 0.3 is 0 Å². The van der Waals surface area contributed by atoms with Gasteiger partial charge in [0, 0.05) is 11.8 Å². The van der Waals surface area contributed by atoms with E-state index in [9.17, 15) is 4.79 Å². The molecule has 14 heavy (non-hydrogen) atoms. The van der Waals surface area contributed by atoms with Crippen molar-refractivity contribution in [3.63, 3.8) is 0 Å². The SMILES string of the molecule is O=C1c2cnoc2CCC12CCCC2. The summed E-state index contributed by atoms with van der Waals surface area (Å²) in [5.74, 6) is 1.09. The van der Waals surface area contributed by atoms with Crippen LogP contribution < -0.4 is 0 Å². The lowest BCUT2D eigenvalue weighted by molar-refractivity contribution is 0.0757. The van der Waals surface area contributed by atoms with Crippen LogP contribution in [-0.4, -0.2) is 10.9 Å². The van der Waals surface area contributed by atoms with Crippen LogP contribution in [0.25, 0.3) is 0 Å². The highest BCUT2D eigenvalue weighted by molar-refractivity contribution is 6.02. The van der Waals surface area contributed by atoms with E-state index < -0.39 is 0 Å². The second-order valence-electron chi connectivity index (χ2n) is 4.48. The van der Waals surface area contributed by atoms with Crippen molar-refractivity contribution in [2.75, 3.05) is 0 Å². The summed E-state index contributed by atoms with van der Waals surface area (Å²) in [7, 11) is 0. The highest BCUT2D eigenvalue weighted by Crippen LogP contribution is 2.47. The summed E-state index contributed by atoms with van der Waals surface area (Å²) in [6, 6.07) is 0. The van der Waals surface area contributed by atoms with Crippen LogP contribution in [0.5, 0.6) is 0 Å². The predicted octanol–water partition coefficient (Wildman–Crippen LogP) is 2.36. The van der Waals surface area contributed by atoms with Crippen LogP contribution in [0.15, 0.2) is 10.7 Å². The minimum Gasteiger partial charge on any atom is -0.361 e. The second-order valence-corrected chi connectivity index (χ2v) is 4.48. The van der Waals surface area contributed by atoms with E-state index >= 15 is 0 Å². The fourth-order valence-electron chi connectivity index (χ4n) is 2.91. The van der Waals surface area contributed by atoms with Crippen molar-refractivity contribution in [1.29, 1.82) is 0 Å². The topological polar surface area (TPSA) is 43.1 Å². The molecular formula is C11H13NO2.